The van der Waals surface area contributed by atoms with Crippen LogP contribution in [0.1, 0.15) is 5.69 Å². The Labute approximate surface area is 118 Å². The molecule has 2 aromatic heterocycles. The lowest BCUT2D eigenvalue weighted by atomic mass is 10.2. The quantitative estimate of drug-likeness (QED) is 0.691. The minimum Gasteiger partial charge on any atom is -0.437 e. The number of rotatable bonds is 3. The van der Waals surface area contributed by atoms with Crippen LogP contribution in [-0.4, -0.2) is 10.1 Å². The number of anilines is 3. The van der Waals surface area contributed by atoms with E-state index in [9.17, 15) is 13.9 Å². The molecule has 2 heterocycles. The minimum atomic E-state index is -0.968. The molecule has 0 fully saturated rings. The first-order valence-corrected chi connectivity index (χ1v) is 6.09. The summed E-state index contributed by atoms with van der Waals surface area (Å²) in [6, 6.07) is 5.06. The Kier molecular flexibility index (Phi) is 3.19. The van der Waals surface area contributed by atoms with Crippen LogP contribution in [0.2, 0.25) is 0 Å². The van der Waals surface area contributed by atoms with Crippen molar-refractivity contribution in [1.82, 2.24) is 4.98 Å². The summed E-state index contributed by atoms with van der Waals surface area (Å²) < 4.78 is 31.5. The van der Waals surface area contributed by atoms with Crippen LogP contribution in [0.25, 0.3) is 11.0 Å². The summed E-state index contributed by atoms with van der Waals surface area (Å²) in [6.45, 7) is -0.297. The molecule has 5 nitrogen and oxygen atoms in total. The summed E-state index contributed by atoms with van der Waals surface area (Å²) in [4.78, 5) is 3.98. The lowest BCUT2D eigenvalue weighted by Crippen LogP contribution is -1.95. The Morgan fingerprint density at radius 2 is 2.05 bits per heavy atom. The molecular formula is C14H11F2N3O2. The predicted molar refractivity (Wildman–Crippen MR) is 74.0 cm³/mol. The number of nitrogens with two attached hydrogens (primary N) is 1. The maximum Gasteiger partial charge on any atom is 0.215 e. The van der Waals surface area contributed by atoms with Crippen molar-refractivity contribution in [3.8, 4) is 0 Å². The van der Waals surface area contributed by atoms with Crippen molar-refractivity contribution in [3.63, 3.8) is 0 Å². The molecule has 3 aromatic rings. The third-order valence-corrected chi connectivity index (χ3v) is 3.04. The molecular weight excluding hydrogens is 280 g/mol. The van der Waals surface area contributed by atoms with Gasteiger partial charge in [0, 0.05) is 23.3 Å². The second kappa shape index (κ2) is 5.02. The molecule has 7 heteroatoms. The van der Waals surface area contributed by atoms with Crippen LogP contribution in [0.15, 0.2) is 34.9 Å². The van der Waals surface area contributed by atoms with Gasteiger partial charge in [-0.1, -0.05) is 0 Å². The molecule has 0 saturated carbocycles. The average Bonchev–Trinajstić information content (AvgIpc) is 2.79. The first kappa shape index (κ1) is 13.3. The molecule has 0 saturated heterocycles. The molecule has 108 valence electrons. The van der Waals surface area contributed by atoms with Crippen LogP contribution < -0.4 is 11.1 Å². The molecule has 4 N–H and O–H groups in total. The Bertz CT molecular complexity index is 817. The predicted octanol–water partition coefficient (Wildman–Crippen LogP) is 2.92. The van der Waals surface area contributed by atoms with E-state index in [-0.39, 0.29) is 12.5 Å². The molecule has 21 heavy (non-hydrogen) atoms. The van der Waals surface area contributed by atoms with Crippen molar-refractivity contribution in [2.45, 2.75) is 6.61 Å². The number of nitrogen functional groups attached to an aromatic ring is 1. The van der Waals surface area contributed by atoms with Crippen LogP contribution in [0.4, 0.5) is 26.0 Å². The van der Waals surface area contributed by atoms with E-state index in [1.807, 2.05) is 0 Å². The molecule has 0 unspecified atom stereocenters. The average molecular weight is 291 g/mol. The van der Waals surface area contributed by atoms with E-state index in [0.29, 0.717) is 28.0 Å². The standard InChI is InChI=1S/C14H11F2N3O2/c15-9-2-1-7(5-10(9)16)19-12-8-3-4-18-11(6-20)13(8)21-14(12)17/h1-5,19-20H,6,17H2. The number of furan rings is 1. The van der Waals surface area contributed by atoms with Gasteiger partial charge in [-0.05, 0) is 18.2 Å². The highest BCUT2D eigenvalue weighted by Gasteiger charge is 2.16. The lowest BCUT2D eigenvalue weighted by molar-refractivity contribution is 0.277. The second-order valence-corrected chi connectivity index (χ2v) is 4.39. The third-order valence-electron chi connectivity index (χ3n) is 3.04. The van der Waals surface area contributed by atoms with Gasteiger partial charge in [0.2, 0.25) is 5.88 Å². The summed E-state index contributed by atoms with van der Waals surface area (Å²) in [6.07, 6.45) is 1.50. The molecule has 0 aliphatic carbocycles. The zero-order valence-electron chi connectivity index (χ0n) is 10.7. The molecule has 3 rings (SSSR count). The van der Waals surface area contributed by atoms with Gasteiger partial charge in [-0.25, -0.2) is 8.78 Å². The monoisotopic (exact) mass is 291 g/mol. The third kappa shape index (κ3) is 2.27. The molecule has 0 spiro atoms. The molecule has 0 bridgehead atoms. The van der Waals surface area contributed by atoms with Crippen LogP contribution in [0.3, 0.4) is 0 Å². The van der Waals surface area contributed by atoms with Gasteiger partial charge in [0.25, 0.3) is 0 Å². The van der Waals surface area contributed by atoms with Crippen molar-refractivity contribution in [2.24, 2.45) is 0 Å². The fraction of sp³-hybridized carbons (Fsp3) is 0.0714. The highest BCUT2D eigenvalue weighted by Crippen LogP contribution is 2.36. The highest BCUT2D eigenvalue weighted by atomic mass is 19.2. The van der Waals surface area contributed by atoms with E-state index in [2.05, 4.69) is 10.3 Å². The van der Waals surface area contributed by atoms with Crippen molar-refractivity contribution in [3.05, 3.63) is 47.8 Å². The summed E-state index contributed by atoms with van der Waals surface area (Å²) in [5.41, 5.74) is 7.22. The first-order chi connectivity index (χ1) is 10.1. The molecule has 0 aliphatic heterocycles. The van der Waals surface area contributed by atoms with Crippen LogP contribution >= 0.6 is 0 Å². The van der Waals surface area contributed by atoms with Crippen molar-refractivity contribution in [2.75, 3.05) is 11.1 Å². The number of benzene rings is 1. The molecule has 0 radical (unpaired) electrons. The Morgan fingerprint density at radius 3 is 2.76 bits per heavy atom. The minimum absolute atomic E-state index is 0.0671. The zero-order valence-corrected chi connectivity index (χ0v) is 10.7. The molecule has 0 amide bonds. The van der Waals surface area contributed by atoms with Gasteiger partial charge in [0.15, 0.2) is 17.2 Å². The summed E-state index contributed by atoms with van der Waals surface area (Å²) in [5.74, 6) is -1.83. The van der Waals surface area contributed by atoms with Gasteiger partial charge in [-0.3, -0.25) is 4.98 Å². The van der Waals surface area contributed by atoms with Gasteiger partial charge in [-0.2, -0.15) is 0 Å². The smallest absolute Gasteiger partial charge is 0.215 e. The number of fused-ring (bicyclic) bond motifs is 1. The number of nitrogens with zero attached hydrogens (tertiary/aromatic N) is 1. The maximum atomic E-state index is 13.2. The Hall–Kier alpha value is -2.67. The van der Waals surface area contributed by atoms with Gasteiger partial charge in [0.05, 0.1) is 6.61 Å². The normalized spacial score (nSPS) is 11.0. The number of hydrogen-bond acceptors (Lipinski definition) is 5. The van der Waals surface area contributed by atoms with E-state index in [0.717, 1.165) is 12.1 Å². The Balaban J connectivity index is 2.08. The highest BCUT2D eigenvalue weighted by molar-refractivity contribution is 5.99. The molecule has 1 aromatic carbocycles. The number of aromatic nitrogens is 1. The maximum absolute atomic E-state index is 13.2. The van der Waals surface area contributed by atoms with E-state index in [1.54, 1.807) is 6.07 Å². The fourth-order valence-electron chi connectivity index (χ4n) is 2.06. The van der Waals surface area contributed by atoms with E-state index < -0.39 is 11.6 Å². The van der Waals surface area contributed by atoms with Crippen molar-refractivity contribution < 1.29 is 18.3 Å². The topological polar surface area (TPSA) is 84.3 Å². The fourth-order valence-corrected chi connectivity index (χ4v) is 2.06. The van der Waals surface area contributed by atoms with Gasteiger partial charge >= 0.3 is 0 Å². The second-order valence-electron chi connectivity index (χ2n) is 4.39. The number of hydrogen-bond donors (Lipinski definition) is 3. The number of aliphatic hydroxyl groups is 1. The zero-order chi connectivity index (χ0) is 15.0. The Morgan fingerprint density at radius 1 is 1.24 bits per heavy atom. The number of aliphatic hydroxyl groups excluding tert-OH is 1. The molecule has 0 atom stereocenters. The van der Waals surface area contributed by atoms with E-state index in [1.165, 1.54) is 12.3 Å². The lowest BCUT2D eigenvalue weighted by Gasteiger charge is -2.06. The summed E-state index contributed by atoms with van der Waals surface area (Å²) in [7, 11) is 0. The van der Waals surface area contributed by atoms with Gasteiger partial charge < -0.3 is 20.6 Å². The van der Waals surface area contributed by atoms with Gasteiger partial charge in [0.1, 0.15) is 11.4 Å². The summed E-state index contributed by atoms with van der Waals surface area (Å²) >= 11 is 0. The van der Waals surface area contributed by atoms with Crippen LogP contribution in [-0.2, 0) is 6.61 Å². The van der Waals surface area contributed by atoms with Gasteiger partial charge in [-0.15, -0.1) is 0 Å². The van der Waals surface area contributed by atoms with E-state index >= 15 is 0 Å². The van der Waals surface area contributed by atoms with Crippen LogP contribution in [0.5, 0.6) is 0 Å². The number of pyridine rings is 1. The largest absolute Gasteiger partial charge is 0.437 e. The van der Waals surface area contributed by atoms with E-state index in [4.69, 9.17) is 10.2 Å². The van der Waals surface area contributed by atoms with Crippen molar-refractivity contribution >= 4 is 28.2 Å². The summed E-state index contributed by atoms with van der Waals surface area (Å²) in [5, 5.41) is 12.7. The van der Waals surface area contributed by atoms with Crippen molar-refractivity contribution in [1.29, 1.82) is 0 Å². The SMILES string of the molecule is Nc1oc2c(CO)nccc2c1Nc1ccc(F)c(F)c1. The number of nitrogens with one attached hydrogen (secondary N) is 1. The van der Waals surface area contributed by atoms with Crippen LogP contribution in [0, 0.1) is 11.6 Å². The first-order valence-electron chi connectivity index (χ1n) is 6.09. The molecule has 0 aliphatic rings. The number of halogens is 2.